The number of primary amides is 1. The van der Waals surface area contributed by atoms with E-state index in [0.717, 1.165) is 42.4 Å². The summed E-state index contributed by atoms with van der Waals surface area (Å²) in [7, 11) is 0. The highest BCUT2D eigenvalue weighted by molar-refractivity contribution is 6.27. The molecule has 0 bridgehead atoms. The minimum Gasteiger partial charge on any atom is -0.494 e. The van der Waals surface area contributed by atoms with E-state index in [-0.39, 0.29) is 0 Å². The number of aliphatic carboxylic acids is 2. The Morgan fingerprint density at radius 3 is 2.47 bits per heavy atom. The fraction of sp³-hybridized carbons (Fsp3) is 0.636. The Labute approximate surface area is 256 Å². The fourth-order valence-electron chi connectivity index (χ4n) is 5.81. The van der Waals surface area contributed by atoms with Crippen LogP contribution < -0.4 is 15.8 Å². The third kappa shape index (κ3) is 14.1. The number of nitrogens with zero attached hydrogens (tertiary/aromatic N) is 2. The van der Waals surface area contributed by atoms with Crippen molar-refractivity contribution in [2.45, 2.75) is 90.9 Å². The first kappa shape index (κ1) is 35.8. The van der Waals surface area contributed by atoms with Crippen LogP contribution in [0.5, 0.6) is 5.75 Å². The number of piperidine rings is 1. The molecule has 2 atom stereocenters. The highest BCUT2D eigenvalue weighted by Crippen LogP contribution is 2.31. The van der Waals surface area contributed by atoms with Gasteiger partial charge in [-0.3, -0.25) is 4.98 Å². The molecule has 1 aliphatic rings. The second kappa shape index (κ2) is 20.5. The zero-order chi connectivity index (χ0) is 31.5. The molecular formula is C33H52N4O6. The van der Waals surface area contributed by atoms with Gasteiger partial charge in [0.05, 0.1) is 12.1 Å². The number of ether oxygens (including phenoxy) is 1. The van der Waals surface area contributed by atoms with Crippen molar-refractivity contribution in [3.63, 3.8) is 0 Å². The number of pyridine rings is 1. The van der Waals surface area contributed by atoms with Crippen LogP contribution in [0.15, 0.2) is 30.5 Å². The van der Waals surface area contributed by atoms with Crippen molar-refractivity contribution in [2.75, 3.05) is 32.8 Å². The second-order valence-corrected chi connectivity index (χ2v) is 11.4. The molecule has 0 saturated carbocycles. The number of aromatic nitrogens is 1. The molecule has 10 nitrogen and oxygen atoms in total. The van der Waals surface area contributed by atoms with Crippen LogP contribution in [-0.4, -0.2) is 70.9 Å². The van der Waals surface area contributed by atoms with E-state index >= 15 is 0 Å². The van der Waals surface area contributed by atoms with Gasteiger partial charge in [0.15, 0.2) is 0 Å². The quantitative estimate of drug-likeness (QED) is 0.130. The highest BCUT2D eigenvalue weighted by atomic mass is 16.5. The number of nitrogens with one attached hydrogen (secondary N) is 1. The summed E-state index contributed by atoms with van der Waals surface area (Å²) in [5.74, 6) is -1.06. The second-order valence-electron chi connectivity index (χ2n) is 11.4. The summed E-state index contributed by atoms with van der Waals surface area (Å²) in [4.78, 5) is 36.3. The standard InChI is InChI=1S/C31H50N4O2.C2H2O4/c1-3-5-6-7-9-20-35-21-17-26(25(4-2)24-35)12-11-13-27-16-19-33-30-15-14-28(23-29(27)30)37-22-10-8-18-34-31(32)36;3-1(4)2(5)6/h14-16,19,23,25-26H,3-13,17-18,20-22,24H2,1-2H3,(H3,32,34,36);(H,3,4)(H,5,6)/t25-,26+;/m0./s1. The third-order valence-corrected chi connectivity index (χ3v) is 8.22. The number of nitrogens with two attached hydrogens (primary N) is 1. The van der Waals surface area contributed by atoms with Crippen molar-refractivity contribution in [1.29, 1.82) is 0 Å². The maximum Gasteiger partial charge on any atom is 0.414 e. The predicted octanol–water partition coefficient (Wildman–Crippen LogP) is 5.86. The smallest absolute Gasteiger partial charge is 0.414 e. The normalized spacial score (nSPS) is 16.7. The topological polar surface area (TPSA) is 155 Å². The lowest BCUT2D eigenvalue weighted by Crippen LogP contribution is -2.40. The number of carboxylic acids is 2. The number of urea groups is 1. The predicted molar refractivity (Wildman–Crippen MR) is 169 cm³/mol. The first-order valence-corrected chi connectivity index (χ1v) is 16.0. The van der Waals surface area contributed by atoms with Gasteiger partial charge in [0.1, 0.15) is 5.75 Å². The molecule has 5 N–H and O–H groups in total. The third-order valence-electron chi connectivity index (χ3n) is 8.22. The molecule has 10 heteroatoms. The summed E-state index contributed by atoms with van der Waals surface area (Å²) in [5, 5.41) is 18.6. The number of carbonyl (C=O) groups excluding carboxylic acids is 1. The Bertz CT molecular complexity index is 1120. The molecule has 1 saturated heterocycles. The number of hydrogen-bond donors (Lipinski definition) is 4. The average molecular weight is 601 g/mol. The van der Waals surface area contributed by atoms with Gasteiger partial charge in [-0.2, -0.15) is 0 Å². The summed E-state index contributed by atoms with van der Waals surface area (Å²) >= 11 is 0. The van der Waals surface area contributed by atoms with Crippen LogP contribution >= 0.6 is 0 Å². The summed E-state index contributed by atoms with van der Waals surface area (Å²) in [6.45, 7) is 9.76. The van der Waals surface area contributed by atoms with Gasteiger partial charge in [0.2, 0.25) is 0 Å². The van der Waals surface area contributed by atoms with Crippen LogP contribution in [0.25, 0.3) is 10.9 Å². The Kier molecular flexibility index (Phi) is 17.1. The van der Waals surface area contributed by atoms with Crippen molar-refractivity contribution in [2.24, 2.45) is 17.6 Å². The summed E-state index contributed by atoms with van der Waals surface area (Å²) in [6.07, 6.45) is 16.8. The first-order valence-electron chi connectivity index (χ1n) is 16.0. The molecule has 240 valence electrons. The number of rotatable bonds is 17. The minimum atomic E-state index is -1.82. The van der Waals surface area contributed by atoms with Crippen LogP contribution in [0.3, 0.4) is 0 Å². The van der Waals surface area contributed by atoms with E-state index in [4.69, 9.17) is 30.3 Å². The lowest BCUT2D eigenvalue weighted by atomic mass is 9.80. The number of fused-ring (bicyclic) bond motifs is 1. The molecule has 1 aromatic carbocycles. The summed E-state index contributed by atoms with van der Waals surface area (Å²) < 4.78 is 5.99. The van der Waals surface area contributed by atoms with Crippen molar-refractivity contribution in [3.8, 4) is 5.75 Å². The number of aryl methyl sites for hydroxylation is 1. The summed E-state index contributed by atoms with van der Waals surface area (Å²) in [6, 6.07) is 7.92. The molecule has 0 radical (unpaired) electrons. The summed E-state index contributed by atoms with van der Waals surface area (Å²) in [5.41, 5.74) is 7.51. The van der Waals surface area contributed by atoms with E-state index in [1.807, 2.05) is 12.3 Å². The monoisotopic (exact) mass is 600 g/mol. The largest absolute Gasteiger partial charge is 0.494 e. The SMILES string of the molecule is CCCCCCCN1CC[C@@H](CCCc2ccnc3ccc(OCCCCNC(N)=O)cc23)[C@@H](CC)C1.O=C(O)C(=O)O. The van der Waals surface area contributed by atoms with E-state index in [9.17, 15) is 4.79 Å². The average Bonchev–Trinajstić information content (AvgIpc) is 2.99. The van der Waals surface area contributed by atoms with Gasteiger partial charge in [-0.15, -0.1) is 0 Å². The number of carbonyl (C=O) groups is 3. The van der Waals surface area contributed by atoms with Gasteiger partial charge in [-0.25, -0.2) is 14.4 Å². The first-order chi connectivity index (χ1) is 20.7. The van der Waals surface area contributed by atoms with Crippen LogP contribution in [0, 0.1) is 11.8 Å². The molecule has 43 heavy (non-hydrogen) atoms. The van der Waals surface area contributed by atoms with E-state index < -0.39 is 18.0 Å². The number of benzene rings is 1. The van der Waals surface area contributed by atoms with E-state index in [1.165, 1.54) is 88.4 Å². The van der Waals surface area contributed by atoms with E-state index in [0.29, 0.717) is 13.2 Å². The van der Waals surface area contributed by atoms with Gasteiger partial charge in [0, 0.05) is 24.7 Å². The minimum absolute atomic E-state index is 0.473. The van der Waals surface area contributed by atoms with Crippen molar-refractivity contribution in [3.05, 3.63) is 36.0 Å². The lowest BCUT2D eigenvalue weighted by molar-refractivity contribution is -0.159. The number of carboxylic acid groups (broad SMARTS) is 2. The molecular weight excluding hydrogens is 548 g/mol. The highest BCUT2D eigenvalue weighted by Gasteiger charge is 2.27. The Balaban J connectivity index is 0.000000973. The van der Waals surface area contributed by atoms with Crippen molar-refractivity contribution >= 4 is 28.9 Å². The number of unbranched alkanes of at least 4 members (excludes halogenated alkanes) is 5. The molecule has 2 heterocycles. The Morgan fingerprint density at radius 1 is 1.00 bits per heavy atom. The molecule has 1 aliphatic heterocycles. The molecule has 1 aromatic heterocycles. The molecule has 0 unspecified atom stereocenters. The van der Waals surface area contributed by atoms with Crippen LogP contribution in [0.2, 0.25) is 0 Å². The maximum absolute atomic E-state index is 10.8. The molecule has 1 fully saturated rings. The van der Waals surface area contributed by atoms with Gasteiger partial charge in [-0.1, -0.05) is 46.0 Å². The fourth-order valence-corrected chi connectivity index (χ4v) is 5.81. The molecule has 0 spiro atoms. The van der Waals surface area contributed by atoms with Gasteiger partial charge in [-0.05, 0) is 99.7 Å². The number of likely N-dealkylation sites (tertiary alicyclic amines) is 1. The van der Waals surface area contributed by atoms with Crippen molar-refractivity contribution < 1.29 is 29.3 Å². The molecule has 2 amide bonds. The maximum atomic E-state index is 10.8. The van der Waals surface area contributed by atoms with Crippen LogP contribution in [0.4, 0.5) is 4.79 Å². The van der Waals surface area contributed by atoms with Gasteiger partial charge in [0.25, 0.3) is 0 Å². The zero-order valence-corrected chi connectivity index (χ0v) is 26.1. The lowest BCUT2D eigenvalue weighted by Gasteiger charge is -2.38. The Morgan fingerprint density at radius 2 is 1.77 bits per heavy atom. The molecule has 2 aromatic rings. The number of hydrogen-bond acceptors (Lipinski definition) is 6. The molecule has 3 rings (SSSR count). The van der Waals surface area contributed by atoms with E-state index in [2.05, 4.69) is 47.2 Å². The molecule has 0 aliphatic carbocycles. The van der Waals surface area contributed by atoms with Crippen LogP contribution in [0.1, 0.15) is 90.0 Å². The van der Waals surface area contributed by atoms with Gasteiger partial charge < -0.3 is 30.9 Å². The van der Waals surface area contributed by atoms with Crippen molar-refractivity contribution in [1.82, 2.24) is 15.2 Å². The number of amides is 2. The zero-order valence-electron chi connectivity index (χ0n) is 26.1. The Hall–Kier alpha value is -3.40. The van der Waals surface area contributed by atoms with Gasteiger partial charge >= 0.3 is 18.0 Å². The van der Waals surface area contributed by atoms with E-state index in [1.54, 1.807) is 0 Å². The van der Waals surface area contributed by atoms with Crippen LogP contribution in [-0.2, 0) is 16.0 Å².